The lowest BCUT2D eigenvalue weighted by atomic mass is 10.1. The molecule has 3 aromatic rings. The van der Waals surface area contributed by atoms with Crippen molar-refractivity contribution in [3.63, 3.8) is 0 Å². The summed E-state index contributed by atoms with van der Waals surface area (Å²) in [5.41, 5.74) is 4.02. The molecule has 3 heterocycles. The highest BCUT2D eigenvalue weighted by Crippen LogP contribution is 2.25. The maximum Gasteiger partial charge on any atom is 0.253 e. The SMILES string of the molecule is Cc1c(Cl)cnc2nc(-c3ccc(C(=O)N4CCN(C)CC4)cc3)[nH]c12. The smallest absolute Gasteiger partial charge is 0.253 e. The molecule has 0 radical (unpaired) electrons. The molecule has 134 valence electrons. The first-order valence-electron chi connectivity index (χ1n) is 8.62. The van der Waals surface area contributed by atoms with E-state index in [1.807, 2.05) is 36.1 Å². The number of likely N-dealkylation sites (N-methyl/N-ethyl adjacent to an activating group) is 1. The maximum atomic E-state index is 12.6. The highest BCUT2D eigenvalue weighted by atomic mass is 35.5. The number of nitrogens with zero attached hydrogens (tertiary/aromatic N) is 4. The number of imidazole rings is 1. The van der Waals surface area contributed by atoms with Crippen molar-refractivity contribution in [1.29, 1.82) is 0 Å². The van der Waals surface area contributed by atoms with Gasteiger partial charge in [0.2, 0.25) is 0 Å². The summed E-state index contributed by atoms with van der Waals surface area (Å²) < 4.78 is 0. The standard InChI is InChI=1S/C19H20ClN5O/c1-12-15(20)11-21-18-16(12)22-17(23-18)13-3-5-14(6-4-13)19(26)25-9-7-24(2)8-10-25/h3-6,11H,7-10H2,1-2H3,(H,21,22,23). The fourth-order valence-electron chi connectivity index (χ4n) is 3.15. The molecule has 0 unspecified atom stereocenters. The zero-order chi connectivity index (χ0) is 18.3. The minimum Gasteiger partial charge on any atom is -0.336 e. The molecule has 0 bridgehead atoms. The predicted octanol–water partition coefficient (Wildman–Crippen LogP) is 2.97. The number of pyridine rings is 1. The zero-order valence-electron chi connectivity index (χ0n) is 14.8. The molecule has 1 saturated heterocycles. The minimum atomic E-state index is 0.0820. The van der Waals surface area contributed by atoms with E-state index in [1.54, 1.807) is 6.20 Å². The topological polar surface area (TPSA) is 65.1 Å². The van der Waals surface area contributed by atoms with E-state index in [0.717, 1.165) is 48.6 Å². The number of benzene rings is 1. The number of aryl methyl sites for hydroxylation is 1. The summed E-state index contributed by atoms with van der Waals surface area (Å²) in [5.74, 6) is 0.801. The summed E-state index contributed by atoms with van der Waals surface area (Å²) >= 11 is 6.13. The second-order valence-electron chi connectivity index (χ2n) is 6.69. The number of aromatic amines is 1. The van der Waals surface area contributed by atoms with Crippen molar-refractivity contribution >= 4 is 28.7 Å². The van der Waals surface area contributed by atoms with Crippen LogP contribution in [0.3, 0.4) is 0 Å². The van der Waals surface area contributed by atoms with Crippen LogP contribution in [0.1, 0.15) is 15.9 Å². The van der Waals surface area contributed by atoms with E-state index in [4.69, 9.17) is 11.6 Å². The zero-order valence-corrected chi connectivity index (χ0v) is 15.5. The van der Waals surface area contributed by atoms with Gasteiger partial charge in [0.1, 0.15) is 5.82 Å². The van der Waals surface area contributed by atoms with Crippen molar-refractivity contribution in [2.24, 2.45) is 0 Å². The minimum absolute atomic E-state index is 0.0820. The summed E-state index contributed by atoms with van der Waals surface area (Å²) in [6.07, 6.45) is 1.61. The molecular formula is C19H20ClN5O. The Morgan fingerprint density at radius 2 is 1.85 bits per heavy atom. The molecule has 7 heteroatoms. The second kappa shape index (κ2) is 6.70. The Hall–Kier alpha value is -2.44. The van der Waals surface area contributed by atoms with E-state index < -0.39 is 0 Å². The van der Waals surface area contributed by atoms with Gasteiger partial charge in [-0.3, -0.25) is 4.79 Å². The molecule has 0 aliphatic carbocycles. The van der Waals surface area contributed by atoms with Gasteiger partial charge < -0.3 is 14.8 Å². The number of carbonyl (C=O) groups excluding carboxylic acids is 1. The van der Waals surface area contributed by atoms with Crippen LogP contribution in [0.15, 0.2) is 30.5 Å². The van der Waals surface area contributed by atoms with Gasteiger partial charge >= 0.3 is 0 Å². The number of piperazine rings is 1. The highest BCUT2D eigenvalue weighted by molar-refractivity contribution is 6.31. The fraction of sp³-hybridized carbons (Fsp3) is 0.316. The molecule has 0 saturated carbocycles. The van der Waals surface area contributed by atoms with E-state index in [2.05, 4.69) is 26.9 Å². The van der Waals surface area contributed by atoms with Crippen LogP contribution in [0.2, 0.25) is 5.02 Å². The van der Waals surface area contributed by atoms with Gasteiger partial charge in [-0.1, -0.05) is 23.7 Å². The van der Waals surface area contributed by atoms with E-state index in [1.165, 1.54) is 0 Å². The number of carbonyl (C=O) groups is 1. The largest absolute Gasteiger partial charge is 0.336 e. The van der Waals surface area contributed by atoms with Gasteiger partial charge in [-0.05, 0) is 31.7 Å². The third-order valence-corrected chi connectivity index (χ3v) is 5.29. The lowest BCUT2D eigenvalue weighted by Crippen LogP contribution is -2.47. The fourth-order valence-corrected chi connectivity index (χ4v) is 3.30. The lowest BCUT2D eigenvalue weighted by molar-refractivity contribution is 0.0664. The van der Waals surface area contributed by atoms with Gasteiger partial charge in [-0.25, -0.2) is 9.97 Å². The maximum absolute atomic E-state index is 12.6. The van der Waals surface area contributed by atoms with Crippen molar-refractivity contribution in [3.8, 4) is 11.4 Å². The third kappa shape index (κ3) is 3.06. The molecule has 1 aliphatic rings. The molecule has 1 amide bonds. The van der Waals surface area contributed by atoms with Crippen molar-refractivity contribution < 1.29 is 4.79 Å². The van der Waals surface area contributed by atoms with E-state index in [0.29, 0.717) is 16.2 Å². The highest BCUT2D eigenvalue weighted by Gasteiger charge is 2.20. The Bertz CT molecular complexity index is 958. The van der Waals surface area contributed by atoms with Crippen LogP contribution in [0.5, 0.6) is 0 Å². The molecule has 1 aliphatic heterocycles. The van der Waals surface area contributed by atoms with Gasteiger partial charge in [0.15, 0.2) is 5.65 Å². The van der Waals surface area contributed by atoms with Crippen LogP contribution in [0.25, 0.3) is 22.6 Å². The molecule has 6 nitrogen and oxygen atoms in total. The van der Waals surface area contributed by atoms with Crippen molar-refractivity contribution in [2.75, 3.05) is 33.2 Å². The molecule has 2 aromatic heterocycles. The summed E-state index contributed by atoms with van der Waals surface area (Å²) in [4.78, 5) is 28.8. The summed E-state index contributed by atoms with van der Waals surface area (Å²) in [5, 5.41) is 0.612. The number of amides is 1. The van der Waals surface area contributed by atoms with Crippen molar-refractivity contribution in [1.82, 2.24) is 24.8 Å². The molecule has 1 aromatic carbocycles. The Morgan fingerprint density at radius 3 is 2.54 bits per heavy atom. The molecule has 4 rings (SSSR count). The molecule has 1 fully saturated rings. The van der Waals surface area contributed by atoms with Crippen LogP contribution in [-0.2, 0) is 0 Å². The Kier molecular flexibility index (Phi) is 4.38. The van der Waals surface area contributed by atoms with Gasteiger partial charge in [0.25, 0.3) is 5.91 Å². The number of halogens is 1. The number of H-pyrrole nitrogens is 1. The monoisotopic (exact) mass is 369 g/mol. The van der Waals surface area contributed by atoms with Crippen molar-refractivity contribution in [3.05, 3.63) is 46.6 Å². The average molecular weight is 370 g/mol. The van der Waals surface area contributed by atoms with Crippen LogP contribution in [0, 0.1) is 6.92 Å². The summed E-state index contributed by atoms with van der Waals surface area (Å²) in [7, 11) is 2.08. The van der Waals surface area contributed by atoms with E-state index in [9.17, 15) is 4.79 Å². The number of nitrogens with one attached hydrogen (secondary N) is 1. The molecule has 0 spiro atoms. The Labute approximate surface area is 156 Å². The molecule has 1 N–H and O–H groups in total. The second-order valence-corrected chi connectivity index (χ2v) is 7.10. The van der Waals surface area contributed by atoms with Crippen LogP contribution < -0.4 is 0 Å². The van der Waals surface area contributed by atoms with Crippen LogP contribution >= 0.6 is 11.6 Å². The quantitative estimate of drug-likeness (QED) is 0.754. The predicted molar refractivity (Wildman–Crippen MR) is 102 cm³/mol. The molecule has 0 atom stereocenters. The first-order chi connectivity index (χ1) is 12.5. The van der Waals surface area contributed by atoms with Gasteiger partial charge in [-0.2, -0.15) is 0 Å². The van der Waals surface area contributed by atoms with Crippen LogP contribution in [-0.4, -0.2) is 63.9 Å². The Morgan fingerprint density at radius 1 is 1.15 bits per heavy atom. The first-order valence-corrected chi connectivity index (χ1v) is 9.00. The van der Waals surface area contributed by atoms with Crippen molar-refractivity contribution in [2.45, 2.75) is 6.92 Å². The third-order valence-electron chi connectivity index (χ3n) is 4.91. The number of hydrogen-bond donors (Lipinski definition) is 1. The average Bonchev–Trinajstić information content (AvgIpc) is 3.10. The van der Waals surface area contributed by atoms with E-state index in [-0.39, 0.29) is 5.91 Å². The van der Waals surface area contributed by atoms with Crippen LogP contribution in [0.4, 0.5) is 0 Å². The number of hydrogen-bond acceptors (Lipinski definition) is 4. The normalized spacial score (nSPS) is 15.6. The van der Waals surface area contributed by atoms with E-state index >= 15 is 0 Å². The molecular weight excluding hydrogens is 350 g/mol. The number of fused-ring (bicyclic) bond motifs is 1. The number of rotatable bonds is 2. The van der Waals surface area contributed by atoms with Gasteiger partial charge in [-0.15, -0.1) is 0 Å². The summed E-state index contributed by atoms with van der Waals surface area (Å²) in [6.45, 7) is 5.31. The first kappa shape index (κ1) is 17.0. The van der Waals surface area contributed by atoms with Gasteiger partial charge in [0, 0.05) is 43.5 Å². The lowest BCUT2D eigenvalue weighted by Gasteiger charge is -2.32. The Balaban J connectivity index is 1.58. The molecule has 26 heavy (non-hydrogen) atoms. The summed E-state index contributed by atoms with van der Waals surface area (Å²) in [6, 6.07) is 7.54. The number of aromatic nitrogens is 3. The van der Waals surface area contributed by atoms with Gasteiger partial charge in [0.05, 0.1) is 10.5 Å².